The summed E-state index contributed by atoms with van der Waals surface area (Å²) in [5.41, 5.74) is -2.97. The number of esters is 2. The molecule has 0 aliphatic heterocycles. The van der Waals surface area contributed by atoms with Crippen LogP contribution >= 0.6 is 0 Å². The third-order valence-electron chi connectivity index (χ3n) is 2.83. The average Bonchev–Trinajstić information content (AvgIpc) is 2.40. The predicted molar refractivity (Wildman–Crippen MR) is 85.5 cm³/mol. The molecule has 0 saturated heterocycles. The Hall–Kier alpha value is -2.49. The smallest absolute Gasteiger partial charge is 0.325 e. The summed E-state index contributed by atoms with van der Waals surface area (Å²) in [5, 5.41) is 8.76. The summed E-state index contributed by atoms with van der Waals surface area (Å²) >= 11 is 0. The number of hydrogen-bond acceptors (Lipinski definition) is 5. The molecule has 0 saturated carbocycles. The van der Waals surface area contributed by atoms with Crippen LogP contribution in [0.15, 0.2) is 12.1 Å². The van der Waals surface area contributed by atoms with E-state index in [2.05, 4.69) is 0 Å². The molecule has 1 aromatic rings. The van der Waals surface area contributed by atoms with E-state index in [1.54, 1.807) is 41.5 Å². The van der Waals surface area contributed by atoms with Gasteiger partial charge in [-0.15, -0.1) is 0 Å². The van der Waals surface area contributed by atoms with Gasteiger partial charge in [-0.05, 0) is 47.6 Å². The van der Waals surface area contributed by atoms with Gasteiger partial charge in [0, 0.05) is 5.56 Å². The molecule has 0 heterocycles. The van der Waals surface area contributed by atoms with E-state index in [0.29, 0.717) is 0 Å². The van der Waals surface area contributed by atoms with Crippen molar-refractivity contribution in [2.75, 3.05) is 0 Å². The summed E-state index contributed by atoms with van der Waals surface area (Å²) in [5.74, 6) is -6.83. The minimum atomic E-state index is -1.80. The van der Waals surface area contributed by atoms with E-state index in [1.165, 1.54) is 6.07 Å². The third kappa shape index (κ3) is 5.52. The van der Waals surface area contributed by atoms with Crippen LogP contribution in [0.5, 0.6) is 0 Å². The van der Waals surface area contributed by atoms with E-state index < -0.39 is 51.8 Å². The summed E-state index contributed by atoms with van der Waals surface area (Å²) in [4.78, 5) is 24.9. The molecule has 0 aliphatic rings. The Morgan fingerprint density at radius 1 is 0.960 bits per heavy atom. The van der Waals surface area contributed by atoms with Crippen LogP contribution in [-0.2, 0) is 19.1 Å². The Bertz CT molecular complexity index is 696. The van der Waals surface area contributed by atoms with Gasteiger partial charge in [-0.1, -0.05) is 6.07 Å². The lowest BCUT2D eigenvalue weighted by molar-refractivity contribution is -0.169. The highest BCUT2D eigenvalue weighted by molar-refractivity contribution is 6.01. The fraction of sp³-hybridized carbons (Fsp3) is 0.500. The molecule has 0 aromatic heterocycles. The topological polar surface area (TPSA) is 76.4 Å². The van der Waals surface area contributed by atoms with Gasteiger partial charge in [0.1, 0.15) is 17.3 Å². The van der Waals surface area contributed by atoms with Gasteiger partial charge in [0.2, 0.25) is 0 Å². The highest BCUT2D eigenvalue weighted by atomic mass is 19.2. The van der Waals surface area contributed by atoms with Gasteiger partial charge in [-0.3, -0.25) is 9.59 Å². The number of carbonyl (C=O) groups is 2. The molecular weight excluding hydrogens is 332 g/mol. The van der Waals surface area contributed by atoms with Gasteiger partial charge in [0.25, 0.3) is 0 Å². The average molecular weight is 353 g/mol. The molecule has 0 amide bonds. The molecule has 0 unspecified atom stereocenters. The maximum absolute atomic E-state index is 14.3. The summed E-state index contributed by atoms with van der Waals surface area (Å²) < 4.78 is 38.6. The Labute approximate surface area is 145 Å². The molecule has 5 nitrogen and oxygen atoms in total. The van der Waals surface area contributed by atoms with Crippen LogP contribution in [0.1, 0.15) is 58.6 Å². The van der Waals surface area contributed by atoms with Crippen LogP contribution in [0.2, 0.25) is 0 Å². The lowest BCUT2D eigenvalue weighted by Crippen LogP contribution is -2.36. The van der Waals surface area contributed by atoms with Gasteiger partial charge >= 0.3 is 11.9 Å². The molecular formula is C18H21F2NO4. The van der Waals surface area contributed by atoms with Crippen molar-refractivity contribution >= 4 is 11.9 Å². The van der Waals surface area contributed by atoms with E-state index >= 15 is 0 Å². The molecule has 1 aromatic carbocycles. The molecule has 0 fully saturated rings. The predicted octanol–water partition coefficient (Wildman–Crippen LogP) is 3.60. The molecule has 1 rings (SSSR count). The number of ether oxygens (including phenoxy) is 2. The molecule has 136 valence electrons. The Kier molecular flexibility index (Phi) is 5.90. The minimum Gasteiger partial charge on any atom is -0.459 e. The second-order valence-electron chi connectivity index (χ2n) is 7.44. The number of carbonyl (C=O) groups excluding carboxylic acids is 2. The molecule has 0 atom stereocenters. The Balaban J connectivity index is 3.42. The van der Waals surface area contributed by atoms with E-state index in [9.17, 15) is 18.4 Å². The zero-order valence-corrected chi connectivity index (χ0v) is 15.1. The van der Waals surface area contributed by atoms with Crippen molar-refractivity contribution in [3.8, 4) is 6.07 Å². The maximum Gasteiger partial charge on any atom is 0.325 e. The van der Waals surface area contributed by atoms with E-state index in [1.807, 2.05) is 0 Å². The highest BCUT2D eigenvalue weighted by Crippen LogP contribution is 2.28. The number of nitriles is 1. The Morgan fingerprint density at radius 2 is 1.40 bits per heavy atom. The van der Waals surface area contributed by atoms with Gasteiger partial charge in [0.15, 0.2) is 17.6 Å². The first-order valence-corrected chi connectivity index (χ1v) is 7.60. The van der Waals surface area contributed by atoms with Crippen molar-refractivity contribution in [2.45, 2.75) is 58.7 Å². The fourth-order valence-electron chi connectivity index (χ4n) is 1.95. The molecule has 0 bridgehead atoms. The Morgan fingerprint density at radius 3 is 1.76 bits per heavy atom. The van der Waals surface area contributed by atoms with Crippen LogP contribution in [0.3, 0.4) is 0 Å². The van der Waals surface area contributed by atoms with Crippen molar-refractivity contribution in [3.05, 3.63) is 34.9 Å². The van der Waals surface area contributed by atoms with Crippen LogP contribution in [-0.4, -0.2) is 23.1 Å². The van der Waals surface area contributed by atoms with Gasteiger partial charge in [0.05, 0.1) is 5.56 Å². The molecule has 0 spiro atoms. The summed E-state index contributed by atoms with van der Waals surface area (Å²) in [6.45, 7) is 9.46. The van der Waals surface area contributed by atoms with Crippen molar-refractivity contribution in [2.24, 2.45) is 0 Å². The normalized spacial score (nSPS) is 11.8. The second-order valence-corrected chi connectivity index (χ2v) is 7.44. The molecule has 0 radical (unpaired) electrons. The first kappa shape index (κ1) is 20.6. The largest absolute Gasteiger partial charge is 0.459 e. The lowest BCUT2D eigenvalue weighted by Gasteiger charge is -2.26. The highest BCUT2D eigenvalue weighted by Gasteiger charge is 2.39. The van der Waals surface area contributed by atoms with Crippen LogP contribution in [0.4, 0.5) is 8.78 Å². The number of nitrogens with zero attached hydrogens (tertiary/aromatic N) is 1. The van der Waals surface area contributed by atoms with Gasteiger partial charge in [-0.25, -0.2) is 8.78 Å². The summed E-state index contributed by atoms with van der Waals surface area (Å²) in [7, 11) is 0. The lowest BCUT2D eigenvalue weighted by atomic mass is 9.96. The van der Waals surface area contributed by atoms with Crippen molar-refractivity contribution < 1.29 is 27.8 Å². The number of rotatable bonds is 3. The molecule has 7 heteroatoms. The van der Waals surface area contributed by atoms with Gasteiger partial charge < -0.3 is 9.47 Å². The second kappa shape index (κ2) is 7.18. The van der Waals surface area contributed by atoms with E-state index in [0.717, 1.165) is 12.1 Å². The quantitative estimate of drug-likeness (QED) is 0.613. The molecule has 0 N–H and O–H groups in total. The number of halogens is 2. The number of hydrogen-bond donors (Lipinski definition) is 0. The minimum absolute atomic E-state index is 0.534. The third-order valence-corrected chi connectivity index (χ3v) is 2.83. The molecule has 25 heavy (non-hydrogen) atoms. The fourth-order valence-corrected chi connectivity index (χ4v) is 1.95. The van der Waals surface area contributed by atoms with E-state index in [-0.39, 0.29) is 0 Å². The summed E-state index contributed by atoms with van der Waals surface area (Å²) in [6.07, 6.45) is 0. The monoisotopic (exact) mass is 353 g/mol. The van der Waals surface area contributed by atoms with Crippen LogP contribution in [0.25, 0.3) is 0 Å². The van der Waals surface area contributed by atoms with E-state index in [4.69, 9.17) is 14.7 Å². The zero-order valence-electron chi connectivity index (χ0n) is 15.1. The standard InChI is InChI=1S/C18H21F2NO4/c1-17(2,3)24-15(22)12(16(23)25-18(4,5)6)11-8-7-10(9-21)13(19)14(11)20/h7-8,12H,1-6H3. The summed E-state index contributed by atoms with van der Waals surface area (Å²) in [6, 6.07) is 3.49. The first-order valence-electron chi connectivity index (χ1n) is 7.60. The SMILES string of the molecule is CC(C)(C)OC(=O)C(C(=O)OC(C)(C)C)c1ccc(C#N)c(F)c1F. The number of benzene rings is 1. The van der Waals surface area contributed by atoms with Crippen molar-refractivity contribution in [1.29, 1.82) is 5.26 Å². The first-order chi connectivity index (χ1) is 11.3. The van der Waals surface area contributed by atoms with Gasteiger partial charge in [-0.2, -0.15) is 5.26 Å². The molecule has 0 aliphatic carbocycles. The van der Waals surface area contributed by atoms with Crippen LogP contribution in [0, 0.1) is 23.0 Å². The zero-order chi connectivity index (χ0) is 19.6. The van der Waals surface area contributed by atoms with Crippen LogP contribution < -0.4 is 0 Å². The maximum atomic E-state index is 14.3. The van der Waals surface area contributed by atoms with Crippen molar-refractivity contribution in [1.82, 2.24) is 0 Å². The van der Waals surface area contributed by atoms with Crippen molar-refractivity contribution in [3.63, 3.8) is 0 Å².